The molecular weight excluding hydrogens is 410 g/mol. The summed E-state index contributed by atoms with van der Waals surface area (Å²) in [6, 6.07) is 25.5. The normalized spacial score (nSPS) is 11.7. The van der Waals surface area contributed by atoms with E-state index < -0.39 is 15.9 Å². The minimum atomic E-state index is -3.84. The van der Waals surface area contributed by atoms with Crippen LogP contribution in [-0.4, -0.2) is 37.9 Å². The zero-order chi connectivity index (χ0) is 22.1. The number of rotatable bonds is 9. The molecule has 0 aromatic heterocycles. The summed E-state index contributed by atoms with van der Waals surface area (Å²) in [7, 11) is -3.84. The van der Waals surface area contributed by atoms with Crippen LogP contribution in [0.5, 0.6) is 0 Å². The molecule has 0 atom stereocenters. The maximum atomic E-state index is 13.2. The van der Waals surface area contributed by atoms with Gasteiger partial charge in [-0.2, -0.15) is 9.41 Å². The molecule has 0 aliphatic heterocycles. The van der Waals surface area contributed by atoms with Crippen LogP contribution in [0.4, 0.5) is 0 Å². The molecule has 0 radical (unpaired) electrons. The number of nitrogens with one attached hydrogen (secondary N) is 1. The minimum Gasteiger partial charge on any atom is -0.272 e. The summed E-state index contributed by atoms with van der Waals surface area (Å²) in [4.78, 5) is 12.6. The third-order valence-electron chi connectivity index (χ3n) is 4.67. The van der Waals surface area contributed by atoms with Gasteiger partial charge in [0.15, 0.2) is 0 Å². The van der Waals surface area contributed by atoms with Gasteiger partial charge in [-0.1, -0.05) is 78.4 Å². The van der Waals surface area contributed by atoms with Crippen LogP contribution in [0.1, 0.15) is 16.7 Å². The van der Waals surface area contributed by atoms with Crippen LogP contribution in [0, 0.1) is 6.92 Å². The standard InChI is InChI=1S/C24H25N3O3S/c1-20-12-14-23(15-13-20)31(29,30)27(17-16-21-8-4-2-5-9-21)19-24(28)26-25-18-22-10-6-3-7-11-22/h2-15,18H,16-17,19H2,1H3,(H,26,28)/b25-18-. The largest absolute Gasteiger partial charge is 0.272 e. The molecule has 0 unspecified atom stereocenters. The van der Waals surface area contributed by atoms with Gasteiger partial charge in [0.1, 0.15) is 0 Å². The Morgan fingerprint density at radius 1 is 0.935 bits per heavy atom. The smallest absolute Gasteiger partial charge is 0.255 e. The molecular formula is C24H25N3O3S. The zero-order valence-electron chi connectivity index (χ0n) is 17.3. The van der Waals surface area contributed by atoms with Crippen LogP contribution in [0.25, 0.3) is 0 Å². The number of aryl methyl sites for hydroxylation is 1. The van der Waals surface area contributed by atoms with E-state index in [1.807, 2.05) is 67.6 Å². The van der Waals surface area contributed by atoms with Gasteiger partial charge in [0.05, 0.1) is 17.7 Å². The van der Waals surface area contributed by atoms with Gasteiger partial charge in [-0.15, -0.1) is 0 Å². The Labute approximate surface area is 183 Å². The van der Waals surface area contributed by atoms with E-state index >= 15 is 0 Å². The number of carbonyl (C=O) groups is 1. The van der Waals surface area contributed by atoms with Gasteiger partial charge in [0.2, 0.25) is 10.0 Å². The number of benzene rings is 3. The van der Waals surface area contributed by atoms with Gasteiger partial charge >= 0.3 is 0 Å². The molecule has 0 aliphatic rings. The monoisotopic (exact) mass is 435 g/mol. The van der Waals surface area contributed by atoms with E-state index in [-0.39, 0.29) is 18.0 Å². The summed E-state index contributed by atoms with van der Waals surface area (Å²) >= 11 is 0. The van der Waals surface area contributed by atoms with E-state index in [0.29, 0.717) is 6.42 Å². The van der Waals surface area contributed by atoms with E-state index in [4.69, 9.17) is 0 Å². The molecule has 3 aromatic carbocycles. The number of hydrogen-bond donors (Lipinski definition) is 1. The summed E-state index contributed by atoms with van der Waals surface area (Å²) in [5, 5.41) is 3.93. The van der Waals surface area contributed by atoms with Crippen LogP contribution >= 0.6 is 0 Å². The lowest BCUT2D eigenvalue weighted by Crippen LogP contribution is -2.40. The zero-order valence-corrected chi connectivity index (χ0v) is 18.1. The Bertz CT molecular complexity index is 1110. The number of hydrazone groups is 1. The van der Waals surface area contributed by atoms with Crippen molar-refractivity contribution in [3.63, 3.8) is 0 Å². The maximum Gasteiger partial charge on any atom is 0.255 e. The molecule has 0 heterocycles. The number of amides is 1. The second-order valence-electron chi connectivity index (χ2n) is 7.09. The second-order valence-corrected chi connectivity index (χ2v) is 9.03. The van der Waals surface area contributed by atoms with Crippen LogP contribution in [0.2, 0.25) is 0 Å². The summed E-state index contributed by atoms with van der Waals surface area (Å²) in [5.41, 5.74) is 5.20. The van der Waals surface area contributed by atoms with E-state index in [9.17, 15) is 13.2 Å². The predicted octanol–water partition coefficient (Wildman–Crippen LogP) is 3.38. The van der Waals surface area contributed by atoms with Gasteiger partial charge < -0.3 is 0 Å². The first-order valence-electron chi connectivity index (χ1n) is 9.93. The van der Waals surface area contributed by atoms with Gasteiger partial charge in [-0.25, -0.2) is 13.8 Å². The molecule has 6 nitrogen and oxygen atoms in total. The first-order valence-corrected chi connectivity index (χ1v) is 11.4. The van der Waals surface area contributed by atoms with Crippen molar-refractivity contribution in [3.8, 4) is 0 Å². The Hall–Kier alpha value is -3.29. The van der Waals surface area contributed by atoms with Crippen LogP contribution in [-0.2, 0) is 21.2 Å². The molecule has 160 valence electrons. The van der Waals surface area contributed by atoms with Gasteiger partial charge in [0.25, 0.3) is 5.91 Å². The molecule has 0 saturated carbocycles. The summed E-state index contributed by atoms with van der Waals surface area (Å²) in [6.07, 6.45) is 2.01. The highest BCUT2D eigenvalue weighted by atomic mass is 32.2. The molecule has 0 aliphatic carbocycles. The fourth-order valence-corrected chi connectivity index (χ4v) is 4.35. The highest BCUT2D eigenvalue weighted by Gasteiger charge is 2.26. The van der Waals surface area contributed by atoms with Crippen molar-refractivity contribution in [2.75, 3.05) is 13.1 Å². The molecule has 7 heteroatoms. The number of nitrogens with zero attached hydrogens (tertiary/aromatic N) is 2. The van der Waals surface area contributed by atoms with Crippen LogP contribution < -0.4 is 5.43 Å². The first kappa shape index (κ1) is 22.4. The van der Waals surface area contributed by atoms with Gasteiger partial charge in [-0.3, -0.25) is 4.79 Å². The first-order chi connectivity index (χ1) is 14.9. The second kappa shape index (κ2) is 10.7. The predicted molar refractivity (Wildman–Crippen MR) is 122 cm³/mol. The molecule has 0 bridgehead atoms. The lowest BCUT2D eigenvalue weighted by Gasteiger charge is -2.21. The average molecular weight is 436 g/mol. The lowest BCUT2D eigenvalue weighted by molar-refractivity contribution is -0.121. The van der Waals surface area contributed by atoms with Crippen molar-refractivity contribution in [2.45, 2.75) is 18.2 Å². The molecule has 31 heavy (non-hydrogen) atoms. The SMILES string of the molecule is Cc1ccc(S(=O)(=O)N(CCc2ccccc2)CC(=O)N/N=C\c2ccccc2)cc1. The summed E-state index contributed by atoms with van der Waals surface area (Å²) in [5.74, 6) is -0.504. The van der Waals surface area contributed by atoms with E-state index in [1.165, 1.54) is 10.5 Å². The van der Waals surface area contributed by atoms with Crippen molar-refractivity contribution in [1.82, 2.24) is 9.73 Å². The van der Waals surface area contributed by atoms with Crippen molar-refractivity contribution in [1.29, 1.82) is 0 Å². The molecule has 1 amide bonds. The van der Waals surface area contributed by atoms with Crippen LogP contribution in [0.3, 0.4) is 0 Å². The average Bonchev–Trinajstić information content (AvgIpc) is 2.78. The van der Waals surface area contributed by atoms with Gasteiger partial charge in [0, 0.05) is 6.54 Å². The van der Waals surface area contributed by atoms with E-state index in [0.717, 1.165) is 16.7 Å². The van der Waals surface area contributed by atoms with Gasteiger partial charge in [-0.05, 0) is 36.6 Å². The highest BCUT2D eigenvalue weighted by Crippen LogP contribution is 2.17. The lowest BCUT2D eigenvalue weighted by atomic mass is 10.1. The third kappa shape index (κ3) is 6.60. The highest BCUT2D eigenvalue weighted by molar-refractivity contribution is 7.89. The van der Waals surface area contributed by atoms with Crippen molar-refractivity contribution < 1.29 is 13.2 Å². The fourth-order valence-electron chi connectivity index (χ4n) is 2.96. The van der Waals surface area contributed by atoms with E-state index in [1.54, 1.807) is 24.3 Å². The number of hydrogen-bond acceptors (Lipinski definition) is 4. The maximum absolute atomic E-state index is 13.2. The third-order valence-corrected chi connectivity index (χ3v) is 6.53. The Balaban J connectivity index is 1.73. The number of sulfonamides is 1. The molecule has 1 N–H and O–H groups in total. The molecule has 0 saturated heterocycles. The topological polar surface area (TPSA) is 78.8 Å². The fraction of sp³-hybridized carbons (Fsp3) is 0.167. The number of carbonyl (C=O) groups excluding carboxylic acids is 1. The van der Waals surface area contributed by atoms with Crippen molar-refractivity contribution >= 4 is 22.1 Å². The van der Waals surface area contributed by atoms with Crippen LogP contribution in [0.15, 0.2) is 94.9 Å². The summed E-state index contributed by atoms with van der Waals surface area (Å²) in [6.45, 7) is 1.74. The molecule has 3 rings (SSSR count). The summed E-state index contributed by atoms with van der Waals surface area (Å²) < 4.78 is 27.6. The molecule has 0 spiro atoms. The quantitative estimate of drug-likeness (QED) is 0.413. The van der Waals surface area contributed by atoms with Crippen molar-refractivity contribution in [3.05, 3.63) is 102 Å². The Kier molecular flexibility index (Phi) is 7.70. The van der Waals surface area contributed by atoms with E-state index in [2.05, 4.69) is 10.5 Å². The molecule has 0 fully saturated rings. The Morgan fingerprint density at radius 2 is 1.55 bits per heavy atom. The minimum absolute atomic E-state index is 0.159. The Morgan fingerprint density at radius 3 is 2.19 bits per heavy atom. The molecule has 3 aromatic rings. The van der Waals surface area contributed by atoms with Crippen molar-refractivity contribution in [2.24, 2.45) is 5.10 Å².